The van der Waals surface area contributed by atoms with Crippen LogP contribution in [0.1, 0.15) is 41.6 Å². The van der Waals surface area contributed by atoms with E-state index in [-0.39, 0.29) is 10.8 Å². The van der Waals surface area contributed by atoms with E-state index < -0.39 is 10.0 Å². The molecule has 1 aliphatic rings. The summed E-state index contributed by atoms with van der Waals surface area (Å²) in [5, 5.41) is 3.26. The number of nitrogens with one attached hydrogen (secondary N) is 1. The number of halogens is 2. The lowest BCUT2D eigenvalue weighted by atomic mass is 10.1. The Hall–Kier alpha value is -1.41. The van der Waals surface area contributed by atoms with Gasteiger partial charge in [-0.05, 0) is 71.6 Å². The number of benzene rings is 2. The Labute approximate surface area is 179 Å². The summed E-state index contributed by atoms with van der Waals surface area (Å²) in [7, 11) is -3.62. The van der Waals surface area contributed by atoms with Crippen molar-refractivity contribution >= 4 is 49.1 Å². The van der Waals surface area contributed by atoms with E-state index in [1.165, 1.54) is 10.4 Å². The fourth-order valence-electron chi connectivity index (χ4n) is 3.21. The maximum atomic E-state index is 13.0. The maximum absolute atomic E-state index is 13.0. The molecule has 2 aromatic rings. The number of aryl methyl sites for hydroxylation is 1. The van der Waals surface area contributed by atoms with Gasteiger partial charge in [0.15, 0.2) is 0 Å². The van der Waals surface area contributed by atoms with Crippen molar-refractivity contribution in [1.82, 2.24) is 4.31 Å². The van der Waals surface area contributed by atoms with Crippen molar-refractivity contribution in [3.05, 3.63) is 57.0 Å². The number of amides is 1. The van der Waals surface area contributed by atoms with E-state index in [9.17, 15) is 13.2 Å². The predicted molar refractivity (Wildman–Crippen MR) is 116 cm³/mol. The standard InChI is InChI=1S/C20H22BrClN2O3S/c1-14-6-8-16(28(26,27)24-10-4-2-3-5-11-24)13-17(14)20(25)23-15-7-9-18(21)19(22)12-15/h6-9,12-13H,2-5,10-11H2,1H3,(H,23,25). The highest BCUT2D eigenvalue weighted by Gasteiger charge is 2.26. The average Bonchev–Trinajstić information content (AvgIpc) is 2.95. The average molecular weight is 486 g/mol. The number of anilines is 1. The van der Waals surface area contributed by atoms with Gasteiger partial charge < -0.3 is 5.32 Å². The van der Waals surface area contributed by atoms with E-state index in [0.29, 0.717) is 34.9 Å². The third kappa shape index (κ3) is 4.76. The highest BCUT2D eigenvalue weighted by Crippen LogP contribution is 2.27. The van der Waals surface area contributed by atoms with Crippen molar-refractivity contribution in [2.75, 3.05) is 18.4 Å². The smallest absolute Gasteiger partial charge is 0.255 e. The second-order valence-electron chi connectivity index (χ2n) is 6.88. The normalized spacial score (nSPS) is 15.8. The molecule has 8 heteroatoms. The Kier molecular flexibility index (Phi) is 6.81. The first kappa shape index (κ1) is 21.3. The molecule has 0 atom stereocenters. The van der Waals surface area contributed by atoms with Crippen molar-refractivity contribution in [2.45, 2.75) is 37.5 Å². The van der Waals surface area contributed by atoms with Gasteiger partial charge >= 0.3 is 0 Å². The Bertz CT molecular complexity index is 987. The lowest BCUT2D eigenvalue weighted by Gasteiger charge is -2.20. The lowest BCUT2D eigenvalue weighted by molar-refractivity contribution is 0.102. The quantitative estimate of drug-likeness (QED) is 0.645. The third-order valence-corrected chi connectivity index (χ3v) is 7.96. The van der Waals surface area contributed by atoms with E-state index in [2.05, 4.69) is 21.2 Å². The zero-order chi connectivity index (χ0) is 20.3. The summed E-state index contributed by atoms with van der Waals surface area (Å²) >= 11 is 9.39. The van der Waals surface area contributed by atoms with Crippen molar-refractivity contribution in [1.29, 1.82) is 0 Å². The molecule has 0 unspecified atom stereocenters. The molecule has 1 saturated heterocycles. The molecule has 150 valence electrons. The highest BCUT2D eigenvalue weighted by atomic mass is 79.9. The van der Waals surface area contributed by atoms with Gasteiger partial charge in [-0.3, -0.25) is 4.79 Å². The van der Waals surface area contributed by atoms with Gasteiger partial charge in [-0.15, -0.1) is 0 Å². The van der Waals surface area contributed by atoms with Gasteiger partial charge in [0.05, 0.1) is 9.92 Å². The van der Waals surface area contributed by atoms with Crippen LogP contribution in [0.15, 0.2) is 45.8 Å². The summed E-state index contributed by atoms with van der Waals surface area (Å²) in [4.78, 5) is 12.9. The van der Waals surface area contributed by atoms with Crippen molar-refractivity contribution in [3.63, 3.8) is 0 Å². The van der Waals surface area contributed by atoms with Gasteiger partial charge in [0.2, 0.25) is 10.0 Å². The SMILES string of the molecule is Cc1ccc(S(=O)(=O)N2CCCCCC2)cc1C(=O)Nc1ccc(Br)c(Cl)c1. The van der Waals surface area contributed by atoms with E-state index in [1.807, 2.05) is 0 Å². The van der Waals surface area contributed by atoms with Crippen LogP contribution >= 0.6 is 27.5 Å². The first-order chi connectivity index (χ1) is 13.3. The molecular formula is C20H22BrClN2O3S. The molecule has 0 aliphatic carbocycles. The molecule has 5 nitrogen and oxygen atoms in total. The van der Waals surface area contributed by atoms with Gasteiger partial charge in [-0.2, -0.15) is 4.31 Å². The minimum absolute atomic E-state index is 0.152. The molecular weight excluding hydrogens is 464 g/mol. The first-order valence-electron chi connectivity index (χ1n) is 9.16. The fourth-order valence-corrected chi connectivity index (χ4v) is 5.18. The molecule has 2 aromatic carbocycles. The molecule has 0 spiro atoms. The number of sulfonamides is 1. The van der Waals surface area contributed by atoms with Crippen LogP contribution < -0.4 is 5.32 Å². The first-order valence-corrected chi connectivity index (χ1v) is 11.8. The maximum Gasteiger partial charge on any atom is 0.255 e. The minimum Gasteiger partial charge on any atom is -0.322 e. The number of hydrogen-bond acceptors (Lipinski definition) is 3. The number of carbonyl (C=O) groups is 1. The van der Waals surface area contributed by atoms with Gasteiger partial charge in [0.1, 0.15) is 0 Å². The molecule has 28 heavy (non-hydrogen) atoms. The Morgan fingerprint density at radius 1 is 1.07 bits per heavy atom. The molecule has 3 rings (SSSR count). The second-order valence-corrected chi connectivity index (χ2v) is 10.1. The fraction of sp³-hybridized carbons (Fsp3) is 0.350. The Morgan fingerprint density at radius 3 is 2.39 bits per heavy atom. The summed E-state index contributed by atoms with van der Waals surface area (Å²) in [5.41, 5.74) is 1.57. The molecule has 1 N–H and O–H groups in total. The largest absolute Gasteiger partial charge is 0.322 e. The van der Waals surface area contributed by atoms with E-state index in [4.69, 9.17) is 11.6 Å². The molecule has 1 heterocycles. The molecule has 0 radical (unpaired) electrons. The highest BCUT2D eigenvalue weighted by molar-refractivity contribution is 9.10. The van der Waals surface area contributed by atoms with Crippen LogP contribution in [-0.2, 0) is 10.0 Å². The van der Waals surface area contributed by atoms with Crippen LogP contribution in [0.25, 0.3) is 0 Å². The lowest BCUT2D eigenvalue weighted by Crippen LogP contribution is -2.32. The Morgan fingerprint density at radius 2 is 1.75 bits per heavy atom. The van der Waals surface area contributed by atoms with Crippen molar-refractivity contribution in [2.24, 2.45) is 0 Å². The third-order valence-electron chi connectivity index (χ3n) is 4.83. The Balaban J connectivity index is 1.88. The summed E-state index contributed by atoms with van der Waals surface area (Å²) < 4.78 is 28.3. The van der Waals surface area contributed by atoms with Crippen LogP contribution in [0.4, 0.5) is 5.69 Å². The molecule has 1 amide bonds. The van der Waals surface area contributed by atoms with Crippen molar-refractivity contribution in [3.8, 4) is 0 Å². The van der Waals surface area contributed by atoms with Crippen LogP contribution in [0.5, 0.6) is 0 Å². The van der Waals surface area contributed by atoms with Crippen LogP contribution in [0, 0.1) is 6.92 Å². The monoisotopic (exact) mass is 484 g/mol. The summed E-state index contributed by atoms with van der Waals surface area (Å²) in [5.74, 6) is -0.371. The van der Waals surface area contributed by atoms with Gasteiger partial charge in [-0.25, -0.2) is 8.42 Å². The molecule has 0 bridgehead atoms. The summed E-state index contributed by atoms with van der Waals surface area (Å²) in [6, 6.07) is 9.81. The van der Waals surface area contributed by atoms with E-state index in [1.54, 1.807) is 37.3 Å². The van der Waals surface area contributed by atoms with Crippen LogP contribution in [-0.4, -0.2) is 31.7 Å². The minimum atomic E-state index is -3.62. The summed E-state index contributed by atoms with van der Waals surface area (Å²) in [6.07, 6.45) is 3.82. The number of rotatable bonds is 4. The number of hydrogen-bond donors (Lipinski definition) is 1. The van der Waals surface area contributed by atoms with E-state index >= 15 is 0 Å². The van der Waals surface area contributed by atoms with Crippen LogP contribution in [0.3, 0.4) is 0 Å². The van der Waals surface area contributed by atoms with Gasteiger partial charge in [0.25, 0.3) is 5.91 Å². The molecule has 1 aliphatic heterocycles. The van der Waals surface area contributed by atoms with Gasteiger partial charge in [-0.1, -0.05) is 30.5 Å². The van der Waals surface area contributed by atoms with Crippen LogP contribution in [0.2, 0.25) is 5.02 Å². The molecule has 0 aromatic heterocycles. The van der Waals surface area contributed by atoms with E-state index in [0.717, 1.165) is 30.2 Å². The van der Waals surface area contributed by atoms with Crippen molar-refractivity contribution < 1.29 is 13.2 Å². The zero-order valence-electron chi connectivity index (χ0n) is 15.5. The number of carbonyl (C=O) groups excluding carboxylic acids is 1. The summed E-state index contributed by atoms with van der Waals surface area (Å²) in [6.45, 7) is 2.83. The number of nitrogens with zero attached hydrogens (tertiary/aromatic N) is 1. The topological polar surface area (TPSA) is 66.5 Å². The second kappa shape index (κ2) is 8.95. The zero-order valence-corrected chi connectivity index (χ0v) is 18.7. The molecule has 1 fully saturated rings. The van der Waals surface area contributed by atoms with Gasteiger partial charge in [0, 0.05) is 28.8 Å². The molecule has 0 saturated carbocycles. The predicted octanol–water partition coefficient (Wildman–Crippen LogP) is 5.23.